The minimum atomic E-state index is 0.465. The molecule has 0 unspecified atom stereocenters. The van der Waals surface area contributed by atoms with Crippen molar-refractivity contribution in [2.24, 2.45) is 4.99 Å². The topological polar surface area (TPSA) is 81.9 Å². The second-order valence-electron chi connectivity index (χ2n) is 7.14. The van der Waals surface area contributed by atoms with Gasteiger partial charge in [-0.25, -0.2) is 9.98 Å². The highest BCUT2D eigenvalue weighted by Gasteiger charge is 2.13. The molecule has 0 atom stereocenters. The Morgan fingerprint density at radius 1 is 0.969 bits per heavy atom. The second kappa shape index (κ2) is 11.6. The first-order valence-corrected chi connectivity index (χ1v) is 10.5. The lowest BCUT2D eigenvalue weighted by molar-refractivity contribution is 0.324. The molecule has 2 N–H and O–H groups in total. The highest BCUT2D eigenvalue weighted by atomic mass is 16.5. The summed E-state index contributed by atoms with van der Waals surface area (Å²) in [6, 6.07) is 12.3. The molecule has 3 aromatic rings. The molecule has 0 spiro atoms. The minimum absolute atomic E-state index is 0.465. The lowest BCUT2D eigenvalue weighted by atomic mass is 10.1. The van der Waals surface area contributed by atoms with Crippen LogP contribution in [0, 0.1) is 0 Å². The Balaban J connectivity index is 1.68. The van der Waals surface area contributed by atoms with Gasteiger partial charge < -0.3 is 29.4 Å². The highest BCUT2D eigenvalue weighted by molar-refractivity contribution is 5.79. The van der Waals surface area contributed by atoms with Crippen LogP contribution in [0.2, 0.25) is 0 Å². The van der Waals surface area contributed by atoms with Gasteiger partial charge in [0.2, 0.25) is 5.75 Å². The molecule has 1 heterocycles. The minimum Gasteiger partial charge on any atom is -0.493 e. The van der Waals surface area contributed by atoms with E-state index in [4.69, 9.17) is 19.2 Å². The van der Waals surface area contributed by atoms with Gasteiger partial charge in [-0.1, -0.05) is 24.3 Å². The van der Waals surface area contributed by atoms with Crippen molar-refractivity contribution in [2.45, 2.75) is 26.6 Å². The van der Waals surface area contributed by atoms with Crippen LogP contribution in [0.5, 0.6) is 17.2 Å². The molecule has 1 aromatic heterocycles. The Kier molecular flexibility index (Phi) is 8.36. The van der Waals surface area contributed by atoms with Gasteiger partial charge in [-0.2, -0.15) is 0 Å². The number of guanidine groups is 1. The summed E-state index contributed by atoms with van der Waals surface area (Å²) in [6.07, 6.45) is 5.58. The van der Waals surface area contributed by atoms with E-state index >= 15 is 0 Å². The van der Waals surface area contributed by atoms with Crippen LogP contribution in [-0.4, -0.2) is 43.4 Å². The number of nitrogens with one attached hydrogen (secondary N) is 2. The maximum atomic E-state index is 5.44. The number of rotatable bonds is 10. The van der Waals surface area contributed by atoms with Gasteiger partial charge in [0.25, 0.3) is 0 Å². The number of ether oxygens (including phenoxy) is 3. The van der Waals surface area contributed by atoms with Crippen molar-refractivity contribution < 1.29 is 14.2 Å². The second-order valence-corrected chi connectivity index (χ2v) is 7.14. The Labute approximate surface area is 189 Å². The van der Waals surface area contributed by atoms with Gasteiger partial charge in [-0.05, 0) is 35.7 Å². The zero-order valence-corrected chi connectivity index (χ0v) is 19.1. The normalized spacial score (nSPS) is 11.2. The predicted octanol–water partition coefficient (Wildman–Crippen LogP) is 3.21. The zero-order chi connectivity index (χ0) is 22.8. The van der Waals surface area contributed by atoms with Crippen LogP contribution in [0.4, 0.5) is 0 Å². The van der Waals surface area contributed by atoms with Gasteiger partial charge in [-0.15, -0.1) is 0 Å². The van der Waals surface area contributed by atoms with Crippen LogP contribution in [0.25, 0.3) is 0 Å². The zero-order valence-electron chi connectivity index (χ0n) is 19.1. The number of methoxy groups -OCH3 is 3. The van der Waals surface area contributed by atoms with Crippen LogP contribution in [0.1, 0.15) is 23.6 Å². The van der Waals surface area contributed by atoms with E-state index in [1.165, 1.54) is 11.1 Å². The highest BCUT2D eigenvalue weighted by Crippen LogP contribution is 2.38. The summed E-state index contributed by atoms with van der Waals surface area (Å²) in [6.45, 7) is 4.73. The molecule has 0 amide bonds. The van der Waals surface area contributed by atoms with Crippen LogP contribution in [0.3, 0.4) is 0 Å². The van der Waals surface area contributed by atoms with Crippen molar-refractivity contribution in [3.8, 4) is 17.2 Å². The smallest absolute Gasteiger partial charge is 0.203 e. The number of imidazole rings is 1. The molecule has 0 aliphatic carbocycles. The Bertz CT molecular complexity index is 993. The van der Waals surface area contributed by atoms with Gasteiger partial charge in [0.1, 0.15) is 0 Å². The average molecular weight is 438 g/mol. The van der Waals surface area contributed by atoms with Gasteiger partial charge in [0, 0.05) is 32.0 Å². The van der Waals surface area contributed by atoms with Crippen molar-refractivity contribution in [3.63, 3.8) is 0 Å². The lowest BCUT2D eigenvalue weighted by Gasteiger charge is -2.15. The first kappa shape index (κ1) is 23.0. The summed E-state index contributed by atoms with van der Waals surface area (Å²) >= 11 is 0. The molecule has 8 heteroatoms. The van der Waals surface area contributed by atoms with Crippen LogP contribution in [0.15, 0.2) is 60.1 Å². The third kappa shape index (κ3) is 6.16. The Morgan fingerprint density at radius 3 is 2.34 bits per heavy atom. The Hall–Kier alpha value is -3.68. The maximum Gasteiger partial charge on any atom is 0.203 e. The standard InChI is InChI=1S/C24H31N5O3/c1-5-26-24(28-15-20-12-21(30-2)23(32-4)22(13-20)31-3)27-14-18-7-6-8-19(11-18)16-29-10-9-25-17-29/h6-13,17H,5,14-16H2,1-4H3,(H2,26,27,28). The molecule has 2 aromatic carbocycles. The van der Waals surface area contributed by atoms with E-state index in [-0.39, 0.29) is 0 Å². The first-order chi connectivity index (χ1) is 15.7. The van der Waals surface area contributed by atoms with E-state index < -0.39 is 0 Å². The number of aliphatic imine (C=N–C) groups is 1. The van der Waals surface area contributed by atoms with Crippen LogP contribution < -0.4 is 24.8 Å². The van der Waals surface area contributed by atoms with E-state index in [0.29, 0.717) is 30.3 Å². The van der Waals surface area contributed by atoms with Crippen LogP contribution >= 0.6 is 0 Å². The summed E-state index contributed by atoms with van der Waals surface area (Å²) in [4.78, 5) is 8.82. The van der Waals surface area contributed by atoms with E-state index in [9.17, 15) is 0 Å². The third-order valence-corrected chi connectivity index (χ3v) is 4.86. The molecule has 0 saturated heterocycles. The molecule has 3 rings (SSSR count). The van der Waals surface area contributed by atoms with E-state index in [2.05, 4.69) is 44.5 Å². The van der Waals surface area contributed by atoms with Gasteiger partial charge >= 0.3 is 0 Å². The molecule has 0 aliphatic rings. The molecule has 32 heavy (non-hydrogen) atoms. The van der Waals surface area contributed by atoms with Crippen molar-refractivity contribution in [1.82, 2.24) is 20.2 Å². The summed E-state index contributed by atoms with van der Waals surface area (Å²) in [7, 11) is 4.81. The van der Waals surface area contributed by atoms with E-state index in [1.807, 2.05) is 31.6 Å². The van der Waals surface area contributed by atoms with Gasteiger partial charge in [-0.3, -0.25) is 0 Å². The average Bonchev–Trinajstić information content (AvgIpc) is 3.33. The van der Waals surface area contributed by atoms with Crippen molar-refractivity contribution in [1.29, 1.82) is 0 Å². The number of hydrogen-bond acceptors (Lipinski definition) is 5. The van der Waals surface area contributed by atoms with Crippen molar-refractivity contribution >= 4 is 5.96 Å². The fourth-order valence-corrected chi connectivity index (χ4v) is 3.35. The Morgan fingerprint density at radius 2 is 1.72 bits per heavy atom. The maximum absolute atomic E-state index is 5.44. The number of nitrogens with zero attached hydrogens (tertiary/aromatic N) is 3. The van der Waals surface area contributed by atoms with Crippen molar-refractivity contribution in [3.05, 3.63) is 71.8 Å². The molecule has 8 nitrogen and oxygen atoms in total. The first-order valence-electron chi connectivity index (χ1n) is 10.5. The lowest BCUT2D eigenvalue weighted by Crippen LogP contribution is -2.36. The van der Waals surface area contributed by atoms with Gasteiger partial charge in [0.15, 0.2) is 17.5 Å². The molecule has 0 aliphatic heterocycles. The molecular formula is C24H31N5O3. The summed E-state index contributed by atoms with van der Waals surface area (Å²) in [5, 5.41) is 6.70. The molecule has 0 saturated carbocycles. The van der Waals surface area contributed by atoms with E-state index in [1.54, 1.807) is 27.5 Å². The molecule has 170 valence electrons. The molecular weight excluding hydrogens is 406 g/mol. The monoisotopic (exact) mass is 437 g/mol. The SMILES string of the molecule is CCNC(=NCc1cc(OC)c(OC)c(OC)c1)NCc1cccc(Cn2ccnc2)c1. The predicted molar refractivity (Wildman–Crippen MR) is 126 cm³/mol. The number of aromatic nitrogens is 2. The number of hydrogen-bond donors (Lipinski definition) is 2. The van der Waals surface area contributed by atoms with Gasteiger partial charge in [0.05, 0.1) is 34.2 Å². The molecule has 0 fully saturated rings. The van der Waals surface area contributed by atoms with Crippen molar-refractivity contribution in [2.75, 3.05) is 27.9 Å². The fraction of sp³-hybridized carbons (Fsp3) is 0.333. The summed E-state index contributed by atoms with van der Waals surface area (Å²) < 4.78 is 18.3. The summed E-state index contributed by atoms with van der Waals surface area (Å²) in [5.41, 5.74) is 3.36. The molecule has 0 radical (unpaired) electrons. The van der Waals surface area contributed by atoms with Crippen LogP contribution in [-0.2, 0) is 19.6 Å². The van der Waals surface area contributed by atoms with E-state index in [0.717, 1.165) is 24.6 Å². The molecule has 0 bridgehead atoms. The third-order valence-electron chi connectivity index (χ3n) is 4.86. The quantitative estimate of drug-likeness (QED) is 0.374. The fourth-order valence-electron chi connectivity index (χ4n) is 3.35. The largest absolute Gasteiger partial charge is 0.493 e. The number of benzene rings is 2. The summed E-state index contributed by atoms with van der Waals surface area (Å²) in [5.74, 6) is 2.54.